The second kappa shape index (κ2) is 4.09. The molecule has 0 bridgehead atoms. The van der Waals surface area contributed by atoms with Crippen molar-refractivity contribution in [3.05, 3.63) is 29.8 Å². The van der Waals surface area contributed by atoms with E-state index in [0.717, 1.165) is 21.7 Å². The molecule has 0 aliphatic carbocycles. The van der Waals surface area contributed by atoms with Gasteiger partial charge in [0.1, 0.15) is 0 Å². The van der Waals surface area contributed by atoms with Crippen molar-refractivity contribution < 1.29 is 4.74 Å². The molecule has 2 rings (SSSR count). The Bertz CT molecular complexity index is 304. The maximum Gasteiger partial charge on any atom is 0.0723 e. The van der Waals surface area contributed by atoms with Crippen LogP contribution in [0, 0.1) is 0 Å². The molecule has 76 valence electrons. The SMILES string of the molecule is [SiH3]C1(c2ccc(S)cc2)CCCCO1. The van der Waals surface area contributed by atoms with Gasteiger partial charge in [-0.15, -0.1) is 12.6 Å². The molecule has 0 N–H and O–H groups in total. The fourth-order valence-corrected chi connectivity index (χ4v) is 3.02. The third kappa shape index (κ3) is 2.05. The quantitative estimate of drug-likeness (QED) is 0.564. The van der Waals surface area contributed by atoms with Crippen molar-refractivity contribution in [1.29, 1.82) is 0 Å². The molecule has 1 atom stereocenters. The number of hydrogen-bond acceptors (Lipinski definition) is 2. The Morgan fingerprint density at radius 3 is 2.50 bits per heavy atom. The van der Waals surface area contributed by atoms with Crippen LogP contribution in [-0.2, 0) is 9.96 Å². The van der Waals surface area contributed by atoms with Gasteiger partial charge in [0.25, 0.3) is 0 Å². The summed E-state index contributed by atoms with van der Waals surface area (Å²) >= 11 is 4.29. The third-order valence-electron chi connectivity index (χ3n) is 2.95. The van der Waals surface area contributed by atoms with Crippen molar-refractivity contribution in [3.63, 3.8) is 0 Å². The predicted octanol–water partition coefficient (Wildman–Crippen LogP) is 1.69. The minimum Gasteiger partial charge on any atom is -0.375 e. The van der Waals surface area contributed by atoms with E-state index < -0.39 is 0 Å². The van der Waals surface area contributed by atoms with Crippen LogP contribution in [0.5, 0.6) is 0 Å². The summed E-state index contributed by atoms with van der Waals surface area (Å²) in [7, 11) is 1.07. The molecule has 1 aromatic rings. The molecular weight excluding hydrogens is 208 g/mol. The Hall–Kier alpha value is -0.253. The van der Waals surface area contributed by atoms with Crippen molar-refractivity contribution in [1.82, 2.24) is 0 Å². The highest BCUT2D eigenvalue weighted by atomic mass is 32.1. The number of thiol groups is 1. The zero-order chi connectivity index (χ0) is 10.0. The van der Waals surface area contributed by atoms with Gasteiger partial charge in [0.2, 0.25) is 0 Å². The molecule has 1 nitrogen and oxygen atoms in total. The molecule has 14 heavy (non-hydrogen) atoms. The second-order valence-electron chi connectivity index (χ2n) is 4.08. The molecule has 1 aliphatic rings. The van der Waals surface area contributed by atoms with Gasteiger partial charge in [0.05, 0.1) is 5.22 Å². The molecular formula is C11H16OSSi. The molecule has 3 heteroatoms. The summed E-state index contributed by atoms with van der Waals surface area (Å²) in [6.07, 6.45) is 3.70. The third-order valence-corrected chi connectivity index (χ3v) is 4.61. The van der Waals surface area contributed by atoms with Crippen LogP contribution in [0.1, 0.15) is 24.8 Å². The van der Waals surface area contributed by atoms with Crippen LogP contribution >= 0.6 is 12.6 Å². The first kappa shape index (κ1) is 10.3. The molecule has 1 aliphatic heterocycles. The smallest absolute Gasteiger partial charge is 0.0723 e. The van der Waals surface area contributed by atoms with Gasteiger partial charge in [-0.1, -0.05) is 12.1 Å². The minimum atomic E-state index is 0.0692. The van der Waals surface area contributed by atoms with Crippen molar-refractivity contribution in [2.45, 2.75) is 29.4 Å². The fourth-order valence-electron chi connectivity index (χ4n) is 1.98. The normalized spacial score (nSPS) is 27.8. The number of benzene rings is 1. The molecule has 0 spiro atoms. The standard InChI is InChI=1S/C11H16OSSi/c13-10-5-3-9(4-6-10)11(14)7-1-2-8-12-11/h3-6,13H,1-2,7-8H2,14H3. The molecule has 0 aromatic heterocycles. The molecule has 1 aromatic carbocycles. The zero-order valence-corrected chi connectivity index (χ0v) is 11.4. The van der Waals surface area contributed by atoms with E-state index in [1.54, 1.807) is 0 Å². The van der Waals surface area contributed by atoms with E-state index in [2.05, 4.69) is 36.9 Å². The summed E-state index contributed by atoms with van der Waals surface area (Å²) < 4.78 is 5.93. The highest BCUT2D eigenvalue weighted by Crippen LogP contribution is 2.32. The Morgan fingerprint density at radius 1 is 1.21 bits per heavy atom. The van der Waals surface area contributed by atoms with Gasteiger partial charge in [-0.2, -0.15) is 0 Å². The molecule has 1 heterocycles. The van der Waals surface area contributed by atoms with E-state index in [1.165, 1.54) is 24.8 Å². The van der Waals surface area contributed by atoms with Crippen LogP contribution in [-0.4, -0.2) is 16.8 Å². The lowest BCUT2D eigenvalue weighted by Crippen LogP contribution is -2.33. The largest absolute Gasteiger partial charge is 0.375 e. The van der Waals surface area contributed by atoms with Gasteiger partial charge in [0, 0.05) is 21.7 Å². The summed E-state index contributed by atoms with van der Waals surface area (Å²) in [6.45, 7) is 0.923. The first-order valence-electron chi connectivity index (χ1n) is 5.14. The van der Waals surface area contributed by atoms with Crippen LogP contribution in [0.25, 0.3) is 0 Å². The lowest BCUT2D eigenvalue weighted by atomic mass is 10.0. The van der Waals surface area contributed by atoms with E-state index in [0.29, 0.717) is 0 Å². The zero-order valence-electron chi connectivity index (χ0n) is 8.49. The van der Waals surface area contributed by atoms with E-state index in [-0.39, 0.29) is 5.22 Å². The number of hydrogen-bond donors (Lipinski definition) is 1. The Balaban J connectivity index is 2.23. The summed E-state index contributed by atoms with van der Waals surface area (Å²) in [5.74, 6) is 0. The lowest BCUT2D eigenvalue weighted by Gasteiger charge is -2.34. The van der Waals surface area contributed by atoms with Crippen LogP contribution < -0.4 is 0 Å². The van der Waals surface area contributed by atoms with E-state index in [9.17, 15) is 0 Å². The van der Waals surface area contributed by atoms with E-state index in [4.69, 9.17) is 4.74 Å². The average molecular weight is 224 g/mol. The van der Waals surface area contributed by atoms with Crippen molar-refractivity contribution in [2.24, 2.45) is 0 Å². The monoisotopic (exact) mass is 224 g/mol. The molecule has 1 unspecified atom stereocenters. The maximum atomic E-state index is 5.93. The van der Waals surface area contributed by atoms with Crippen LogP contribution in [0.4, 0.5) is 0 Å². The van der Waals surface area contributed by atoms with Gasteiger partial charge in [-0.3, -0.25) is 0 Å². The van der Waals surface area contributed by atoms with Gasteiger partial charge >= 0.3 is 0 Å². The fraction of sp³-hybridized carbons (Fsp3) is 0.455. The Labute approximate surface area is 93.7 Å². The number of ether oxygens (including phenoxy) is 1. The summed E-state index contributed by atoms with van der Waals surface area (Å²) in [4.78, 5) is 1.02. The van der Waals surface area contributed by atoms with Crippen LogP contribution in [0.15, 0.2) is 29.2 Å². The molecule has 0 radical (unpaired) electrons. The van der Waals surface area contributed by atoms with Gasteiger partial charge < -0.3 is 4.74 Å². The highest BCUT2D eigenvalue weighted by molar-refractivity contribution is 7.80. The van der Waals surface area contributed by atoms with Gasteiger partial charge in [-0.05, 0) is 37.0 Å². The van der Waals surface area contributed by atoms with Crippen molar-refractivity contribution in [2.75, 3.05) is 6.61 Å². The van der Waals surface area contributed by atoms with Gasteiger partial charge in [-0.25, -0.2) is 0 Å². The first-order valence-corrected chi connectivity index (χ1v) is 6.59. The first-order chi connectivity index (χ1) is 6.71. The summed E-state index contributed by atoms with van der Waals surface area (Å²) in [6, 6.07) is 8.41. The summed E-state index contributed by atoms with van der Waals surface area (Å²) in [5.41, 5.74) is 1.33. The minimum absolute atomic E-state index is 0.0692. The Kier molecular flexibility index (Phi) is 3.00. The van der Waals surface area contributed by atoms with Crippen molar-refractivity contribution in [3.8, 4) is 0 Å². The van der Waals surface area contributed by atoms with Gasteiger partial charge in [0.15, 0.2) is 0 Å². The maximum absolute atomic E-state index is 5.93. The van der Waals surface area contributed by atoms with Crippen molar-refractivity contribution >= 4 is 22.9 Å². The lowest BCUT2D eigenvalue weighted by molar-refractivity contribution is -0.0210. The van der Waals surface area contributed by atoms with E-state index in [1.807, 2.05) is 0 Å². The van der Waals surface area contributed by atoms with Crippen LogP contribution in [0.3, 0.4) is 0 Å². The molecule has 0 saturated carbocycles. The number of rotatable bonds is 1. The van der Waals surface area contributed by atoms with E-state index >= 15 is 0 Å². The molecule has 0 amide bonds. The highest BCUT2D eigenvalue weighted by Gasteiger charge is 2.29. The molecule has 1 saturated heterocycles. The topological polar surface area (TPSA) is 9.23 Å². The average Bonchev–Trinajstić information content (AvgIpc) is 2.19. The Morgan fingerprint density at radius 2 is 1.93 bits per heavy atom. The predicted molar refractivity (Wildman–Crippen MR) is 65.1 cm³/mol. The molecule has 1 fully saturated rings. The second-order valence-corrected chi connectivity index (χ2v) is 6.22. The van der Waals surface area contributed by atoms with Crippen LogP contribution in [0.2, 0.25) is 0 Å². The summed E-state index contributed by atoms with van der Waals surface area (Å²) in [5, 5.41) is 0.0692.